The topological polar surface area (TPSA) is 90.7 Å². The van der Waals surface area contributed by atoms with Crippen molar-refractivity contribution in [3.8, 4) is 11.3 Å². The summed E-state index contributed by atoms with van der Waals surface area (Å²) in [7, 11) is 0. The highest BCUT2D eigenvalue weighted by atomic mass is 15.2. The van der Waals surface area contributed by atoms with Crippen LogP contribution in [-0.2, 0) is 0 Å². The first kappa shape index (κ1) is 9.39. The van der Waals surface area contributed by atoms with Crippen LogP contribution < -0.4 is 11.5 Å². The van der Waals surface area contributed by atoms with Crippen LogP contribution in [0.4, 0.5) is 11.8 Å². The minimum atomic E-state index is 0.0864. The molecule has 5 nitrogen and oxygen atoms in total. The molecule has 5 heteroatoms. The highest BCUT2D eigenvalue weighted by Gasteiger charge is 2.06. The third-order valence-corrected chi connectivity index (χ3v) is 2.06. The molecule has 1 aromatic carbocycles. The summed E-state index contributed by atoms with van der Waals surface area (Å²) in [6.07, 6.45) is 0. The summed E-state index contributed by atoms with van der Waals surface area (Å²) in [5.41, 5.74) is 13.7. The standard InChI is InChI=1S/C10H11N5/c1-6-2-4-7(5-3-6)8-9(11)13-10(12)15-14-8/h2-5H,1H3,(H4,11,12,13,15). The summed E-state index contributed by atoms with van der Waals surface area (Å²) < 4.78 is 0. The molecule has 2 rings (SSSR count). The molecule has 2 aromatic rings. The second-order valence-corrected chi connectivity index (χ2v) is 3.27. The highest BCUT2D eigenvalue weighted by Crippen LogP contribution is 2.21. The quantitative estimate of drug-likeness (QED) is 0.718. The van der Waals surface area contributed by atoms with Crippen LogP contribution in [0.1, 0.15) is 5.56 Å². The maximum Gasteiger partial charge on any atom is 0.242 e. The van der Waals surface area contributed by atoms with E-state index in [4.69, 9.17) is 11.5 Å². The van der Waals surface area contributed by atoms with Crippen LogP contribution in [0.2, 0.25) is 0 Å². The molecule has 0 saturated carbocycles. The van der Waals surface area contributed by atoms with Crippen LogP contribution in [0.3, 0.4) is 0 Å². The molecule has 0 aliphatic heterocycles. The zero-order valence-electron chi connectivity index (χ0n) is 8.31. The number of benzene rings is 1. The fourth-order valence-electron chi connectivity index (χ4n) is 1.27. The highest BCUT2D eigenvalue weighted by molar-refractivity contribution is 5.69. The van der Waals surface area contributed by atoms with Gasteiger partial charge in [0.15, 0.2) is 5.82 Å². The Bertz CT molecular complexity index is 478. The van der Waals surface area contributed by atoms with Crippen molar-refractivity contribution in [3.05, 3.63) is 29.8 Å². The molecule has 0 aliphatic rings. The van der Waals surface area contributed by atoms with Gasteiger partial charge in [0.25, 0.3) is 0 Å². The first-order valence-corrected chi connectivity index (χ1v) is 4.49. The predicted molar refractivity (Wildman–Crippen MR) is 58.8 cm³/mol. The minimum absolute atomic E-state index is 0.0864. The number of hydrogen-bond acceptors (Lipinski definition) is 5. The second kappa shape index (κ2) is 3.53. The predicted octanol–water partition coefficient (Wildman–Crippen LogP) is 1.01. The van der Waals surface area contributed by atoms with E-state index in [1.54, 1.807) is 0 Å². The summed E-state index contributed by atoms with van der Waals surface area (Å²) in [6.45, 7) is 2.01. The second-order valence-electron chi connectivity index (χ2n) is 3.27. The van der Waals surface area contributed by atoms with Crippen LogP contribution >= 0.6 is 0 Å². The Kier molecular flexibility index (Phi) is 2.21. The number of nitrogens with two attached hydrogens (primary N) is 2. The Morgan fingerprint density at radius 2 is 1.67 bits per heavy atom. The van der Waals surface area contributed by atoms with Gasteiger partial charge in [0, 0.05) is 5.56 Å². The zero-order chi connectivity index (χ0) is 10.8. The lowest BCUT2D eigenvalue weighted by molar-refractivity contribution is 0.999. The van der Waals surface area contributed by atoms with E-state index >= 15 is 0 Å². The molecule has 1 aromatic heterocycles. The van der Waals surface area contributed by atoms with E-state index in [9.17, 15) is 0 Å². The van der Waals surface area contributed by atoms with Crippen molar-refractivity contribution < 1.29 is 0 Å². The van der Waals surface area contributed by atoms with Crippen molar-refractivity contribution in [1.29, 1.82) is 0 Å². The summed E-state index contributed by atoms with van der Waals surface area (Å²) >= 11 is 0. The Morgan fingerprint density at radius 3 is 2.27 bits per heavy atom. The van der Waals surface area contributed by atoms with E-state index in [1.807, 2.05) is 31.2 Å². The lowest BCUT2D eigenvalue weighted by atomic mass is 10.1. The molecule has 0 spiro atoms. The molecule has 0 amide bonds. The number of nitrogen functional groups attached to an aromatic ring is 2. The lowest BCUT2D eigenvalue weighted by Gasteiger charge is -2.03. The smallest absolute Gasteiger partial charge is 0.242 e. The molecule has 0 unspecified atom stereocenters. The fraction of sp³-hybridized carbons (Fsp3) is 0.100. The monoisotopic (exact) mass is 201 g/mol. The van der Waals surface area contributed by atoms with Gasteiger partial charge in [0.05, 0.1) is 0 Å². The normalized spacial score (nSPS) is 10.2. The van der Waals surface area contributed by atoms with Gasteiger partial charge in [-0.1, -0.05) is 29.8 Å². The van der Waals surface area contributed by atoms with E-state index in [2.05, 4.69) is 15.2 Å². The molecule has 0 bridgehead atoms. The van der Waals surface area contributed by atoms with Crippen molar-refractivity contribution in [2.45, 2.75) is 6.92 Å². The summed E-state index contributed by atoms with van der Waals surface area (Å²) in [4.78, 5) is 3.85. The van der Waals surface area contributed by atoms with Gasteiger partial charge < -0.3 is 11.5 Å². The van der Waals surface area contributed by atoms with Crippen LogP contribution in [0.15, 0.2) is 24.3 Å². The van der Waals surface area contributed by atoms with E-state index in [0.29, 0.717) is 11.5 Å². The molecule has 15 heavy (non-hydrogen) atoms. The number of nitrogens with zero attached hydrogens (tertiary/aromatic N) is 3. The summed E-state index contributed by atoms with van der Waals surface area (Å²) in [5, 5.41) is 7.59. The number of aryl methyl sites for hydroxylation is 1. The molecule has 76 valence electrons. The van der Waals surface area contributed by atoms with E-state index in [-0.39, 0.29) is 5.95 Å². The maximum absolute atomic E-state index is 5.70. The van der Waals surface area contributed by atoms with Gasteiger partial charge in [-0.2, -0.15) is 4.98 Å². The molecular weight excluding hydrogens is 190 g/mol. The average molecular weight is 201 g/mol. The van der Waals surface area contributed by atoms with Gasteiger partial charge in [-0.15, -0.1) is 10.2 Å². The SMILES string of the molecule is Cc1ccc(-c2nnc(N)nc2N)cc1. The summed E-state index contributed by atoms with van der Waals surface area (Å²) in [6, 6.07) is 7.81. The van der Waals surface area contributed by atoms with Crippen LogP contribution in [0, 0.1) is 6.92 Å². The van der Waals surface area contributed by atoms with Crippen molar-refractivity contribution in [2.24, 2.45) is 0 Å². The van der Waals surface area contributed by atoms with Crippen molar-refractivity contribution in [3.63, 3.8) is 0 Å². The Morgan fingerprint density at radius 1 is 1.00 bits per heavy atom. The minimum Gasteiger partial charge on any atom is -0.382 e. The first-order valence-electron chi connectivity index (χ1n) is 4.49. The van der Waals surface area contributed by atoms with Gasteiger partial charge in [0.2, 0.25) is 5.95 Å². The Balaban J connectivity index is 2.49. The van der Waals surface area contributed by atoms with E-state index in [1.165, 1.54) is 5.56 Å². The van der Waals surface area contributed by atoms with Crippen molar-refractivity contribution in [2.75, 3.05) is 11.5 Å². The van der Waals surface area contributed by atoms with Gasteiger partial charge in [0.1, 0.15) is 5.69 Å². The first-order chi connectivity index (χ1) is 7.16. The number of aromatic nitrogens is 3. The van der Waals surface area contributed by atoms with Crippen molar-refractivity contribution in [1.82, 2.24) is 15.2 Å². The fourth-order valence-corrected chi connectivity index (χ4v) is 1.27. The molecule has 0 fully saturated rings. The molecule has 0 atom stereocenters. The Labute approximate surface area is 87.2 Å². The molecule has 0 radical (unpaired) electrons. The number of rotatable bonds is 1. The third kappa shape index (κ3) is 1.85. The zero-order valence-corrected chi connectivity index (χ0v) is 8.31. The number of hydrogen-bond donors (Lipinski definition) is 2. The van der Waals surface area contributed by atoms with E-state index in [0.717, 1.165) is 5.56 Å². The van der Waals surface area contributed by atoms with Gasteiger partial charge in [-0.05, 0) is 6.92 Å². The van der Waals surface area contributed by atoms with E-state index < -0.39 is 0 Å². The summed E-state index contributed by atoms with van der Waals surface area (Å²) in [5.74, 6) is 0.384. The molecule has 4 N–H and O–H groups in total. The van der Waals surface area contributed by atoms with Crippen LogP contribution in [0.5, 0.6) is 0 Å². The molecule has 1 heterocycles. The van der Waals surface area contributed by atoms with Gasteiger partial charge in [-0.25, -0.2) is 0 Å². The van der Waals surface area contributed by atoms with Gasteiger partial charge >= 0.3 is 0 Å². The maximum atomic E-state index is 5.70. The largest absolute Gasteiger partial charge is 0.382 e. The molecular formula is C10H11N5. The molecule has 0 aliphatic carbocycles. The van der Waals surface area contributed by atoms with Gasteiger partial charge in [-0.3, -0.25) is 0 Å². The third-order valence-electron chi connectivity index (χ3n) is 2.06. The average Bonchev–Trinajstić information content (AvgIpc) is 2.20. The van der Waals surface area contributed by atoms with Crippen LogP contribution in [0.25, 0.3) is 11.3 Å². The Hall–Kier alpha value is -2.17. The number of anilines is 2. The van der Waals surface area contributed by atoms with Crippen LogP contribution in [-0.4, -0.2) is 15.2 Å². The lowest BCUT2D eigenvalue weighted by Crippen LogP contribution is -2.04. The van der Waals surface area contributed by atoms with Crippen molar-refractivity contribution >= 4 is 11.8 Å². The molecule has 0 saturated heterocycles.